The topological polar surface area (TPSA) is 64.4 Å². The highest BCUT2D eigenvalue weighted by Gasteiger charge is 2.24. The molecule has 0 aromatic heterocycles. The van der Waals surface area contributed by atoms with E-state index in [-0.39, 0.29) is 5.96 Å². The number of rotatable bonds is 8. The molecule has 1 aliphatic rings. The second-order valence-corrected chi connectivity index (χ2v) is 6.37. The SMILES string of the molecule is CCCCCCC(C)C1CCC(CN=C(N)N)CC1. The summed E-state index contributed by atoms with van der Waals surface area (Å²) >= 11 is 0. The number of unbranched alkanes of at least 4 members (excludes halogenated alkanes) is 3. The lowest BCUT2D eigenvalue weighted by atomic mass is 9.75. The number of nitrogens with two attached hydrogens (primary N) is 2. The first-order chi connectivity index (χ1) is 9.13. The van der Waals surface area contributed by atoms with Gasteiger partial charge in [0, 0.05) is 6.54 Å². The van der Waals surface area contributed by atoms with Crippen molar-refractivity contribution in [2.24, 2.45) is 34.2 Å². The van der Waals surface area contributed by atoms with Crippen LogP contribution in [-0.2, 0) is 0 Å². The number of hydrogen-bond acceptors (Lipinski definition) is 1. The smallest absolute Gasteiger partial charge is 0.185 e. The molecule has 4 N–H and O–H groups in total. The van der Waals surface area contributed by atoms with E-state index in [0.717, 1.165) is 18.4 Å². The molecule has 0 aliphatic heterocycles. The maximum Gasteiger partial charge on any atom is 0.185 e. The second kappa shape index (κ2) is 9.22. The highest BCUT2D eigenvalue weighted by atomic mass is 15.0. The minimum absolute atomic E-state index is 0.242. The van der Waals surface area contributed by atoms with Gasteiger partial charge in [-0.05, 0) is 43.4 Å². The van der Waals surface area contributed by atoms with Crippen molar-refractivity contribution in [3.05, 3.63) is 0 Å². The monoisotopic (exact) mass is 267 g/mol. The fraction of sp³-hybridized carbons (Fsp3) is 0.938. The van der Waals surface area contributed by atoms with E-state index in [9.17, 15) is 0 Å². The van der Waals surface area contributed by atoms with E-state index < -0.39 is 0 Å². The third-order valence-electron chi connectivity index (χ3n) is 4.74. The molecule has 1 rings (SSSR count). The predicted molar refractivity (Wildman–Crippen MR) is 84.0 cm³/mol. The van der Waals surface area contributed by atoms with Crippen LogP contribution in [0.3, 0.4) is 0 Å². The summed E-state index contributed by atoms with van der Waals surface area (Å²) in [5, 5.41) is 0. The van der Waals surface area contributed by atoms with Gasteiger partial charge < -0.3 is 11.5 Å². The average Bonchev–Trinajstić information content (AvgIpc) is 2.41. The van der Waals surface area contributed by atoms with E-state index in [1.54, 1.807) is 0 Å². The third-order valence-corrected chi connectivity index (χ3v) is 4.74. The molecule has 0 bridgehead atoms. The molecule has 1 fully saturated rings. The lowest BCUT2D eigenvalue weighted by Gasteiger charge is -2.31. The molecule has 1 atom stereocenters. The van der Waals surface area contributed by atoms with Gasteiger partial charge >= 0.3 is 0 Å². The average molecular weight is 267 g/mol. The number of guanidine groups is 1. The molecule has 112 valence electrons. The van der Waals surface area contributed by atoms with Crippen LogP contribution in [0.25, 0.3) is 0 Å². The molecule has 3 nitrogen and oxygen atoms in total. The Bertz CT molecular complexity index is 251. The fourth-order valence-electron chi connectivity index (χ4n) is 3.30. The van der Waals surface area contributed by atoms with Gasteiger partial charge in [-0.15, -0.1) is 0 Å². The van der Waals surface area contributed by atoms with E-state index in [0.29, 0.717) is 5.92 Å². The minimum atomic E-state index is 0.242. The van der Waals surface area contributed by atoms with Gasteiger partial charge in [-0.3, -0.25) is 4.99 Å². The fourth-order valence-corrected chi connectivity index (χ4v) is 3.30. The molecule has 1 aliphatic carbocycles. The Morgan fingerprint density at radius 2 is 1.79 bits per heavy atom. The summed E-state index contributed by atoms with van der Waals surface area (Å²) < 4.78 is 0. The van der Waals surface area contributed by atoms with Crippen LogP contribution in [-0.4, -0.2) is 12.5 Å². The van der Waals surface area contributed by atoms with Gasteiger partial charge in [0.1, 0.15) is 0 Å². The van der Waals surface area contributed by atoms with Crippen LogP contribution in [0.15, 0.2) is 4.99 Å². The minimum Gasteiger partial charge on any atom is -0.370 e. The molecule has 0 saturated heterocycles. The van der Waals surface area contributed by atoms with Crippen molar-refractivity contribution in [1.82, 2.24) is 0 Å². The summed E-state index contributed by atoms with van der Waals surface area (Å²) in [6, 6.07) is 0. The van der Waals surface area contributed by atoms with Crippen molar-refractivity contribution >= 4 is 5.96 Å². The molecule has 0 radical (unpaired) electrons. The Labute approximate surface area is 119 Å². The highest BCUT2D eigenvalue weighted by Crippen LogP contribution is 2.35. The van der Waals surface area contributed by atoms with Crippen LogP contribution in [0.4, 0.5) is 0 Å². The molecule has 19 heavy (non-hydrogen) atoms. The van der Waals surface area contributed by atoms with Crippen LogP contribution < -0.4 is 11.5 Å². The number of hydrogen-bond donors (Lipinski definition) is 2. The Balaban J connectivity index is 2.16. The Kier molecular flexibility index (Phi) is 7.92. The largest absolute Gasteiger partial charge is 0.370 e. The van der Waals surface area contributed by atoms with E-state index in [1.807, 2.05) is 0 Å². The standard InChI is InChI=1S/C16H33N3/c1-3-4-5-6-7-13(2)15-10-8-14(9-11-15)12-19-16(17)18/h13-15H,3-12H2,1-2H3,(H4,17,18,19). The van der Waals surface area contributed by atoms with Gasteiger partial charge in [-0.1, -0.05) is 46.0 Å². The van der Waals surface area contributed by atoms with E-state index in [2.05, 4.69) is 18.8 Å². The normalized spacial score (nSPS) is 24.9. The van der Waals surface area contributed by atoms with Crippen molar-refractivity contribution in [2.75, 3.05) is 6.54 Å². The summed E-state index contributed by atoms with van der Waals surface area (Å²) in [4.78, 5) is 4.16. The summed E-state index contributed by atoms with van der Waals surface area (Å²) in [5.74, 6) is 2.80. The van der Waals surface area contributed by atoms with Crippen LogP contribution in [0, 0.1) is 17.8 Å². The van der Waals surface area contributed by atoms with E-state index in [4.69, 9.17) is 11.5 Å². The van der Waals surface area contributed by atoms with Gasteiger partial charge in [0.25, 0.3) is 0 Å². The predicted octanol–water partition coefficient (Wildman–Crippen LogP) is 3.67. The Morgan fingerprint density at radius 3 is 2.37 bits per heavy atom. The van der Waals surface area contributed by atoms with Crippen LogP contribution in [0.2, 0.25) is 0 Å². The van der Waals surface area contributed by atoms with Gasteiger partial charge in [-0.25, -0.2) is 0 Å². The molecule has 3 heteroatoms. The number of aliphatic imine (C=N–C) groups is 1. The summed E-state index contributed by atoms with van der Waals surface area (Å²) in [7, 11) is 0. The van der Waals surface area contributed by atoms with E-state index in [1.165, 1.54) is 57.8 Å². The lowest BCUT2D eigenvalue weighted by molar-refractivity contribution is 0.207. The van der Waals surface area contributed by atoms with Crippen LogP contribution >= 0.6 is 0 Å². The number of nitrogens with zero attached hydrogens (tertiary/aromatic N) is 1. The Hall–Kier alpha value is -0.730. The van der Waals surface area contributed by atoms with Gasteiger partial charge in [-0.2, -0.15) is 0 Å². The van der Waals surface area contributed by atoms with Gasteiger partial charge in [0.2, 0.25) is 0 Å². The molecular weight excluding hydrogens is 234 g/mol. The zero-order valence-corrected chi connectivity index (χ0v) is 12.9. The molecule has 0 aromatic carbocycles. The summed E-state index contributed by atoms with van der Waals surface area (Å²) in [6.45, 7) is 5.56. The zero-order chi connectivity index (χ0) is 14.1. The summed E-state index contributed by atoms with van der Waals surface area (Å²) in [6.07, 6.45) is 12.4. The maximum absolute atomic E-state index is 5.39. The lowest BCUT2D eigenvalue weighted by Crippen LogP contribution is -2.26. The van der Waals surface area contributed by atoms with Gasteiger partial charge in [0.15, 0.2) is 5.96 Å². The molecule has 0 amide bonds. The molecule has 0 spiro atoms. The molecule has 1 unspecified atom stereocenters. The van der Waals surface area contributed by atoms with Crippen LogP contribution in [0.1, 0.15) is 71.6 Å². The molecule has 1 saturated carbocycles. The molecule has 0 heterocycles. The highest BCUT2D eigenvalue weighted by molar-refractivity contribution is 5.75. The van der Waals surface area contributed by atoms with Crippen molar-refractivity contribution < 1.29 is 0 Å². The first-order valence-electron chi connectivity index (χ1n) is 8.18. The zero-order valence-electron chi connectivity index (χ0n) is 12.9. The molecular formula is C16H33N3. The van der Waals surface area contributed by atoms with E-state index >= 15 is 0 Å². The molecule has 0 aromatic rings. The van der Waals surface area contributed by atoms with Crippen molar-refractivity contribution in [2.45, 2.75) is 71.6 Å². The van der Waals surface area contributed by atoms with Crippen LogP contribution in [0.5, 0.6) is 0 Å². The van der Waals surface area contributed by atoms with Crippen molar-refractivity contribution in [3.8, 4) is 0 Å². The third kappa shape index (κ3) is 6.84. The Morgan fingerprint density at radius 1 is 1.11 bits per heavy atom. The second-order valence-electron chi connectivity index (χ2n) is 6.37. The van der Waals surface area contributed by atoms with Crippen molar-refractivity contribution in [3.63, 3.8) is 0 Å². The van der Waals surface area contributed by atoms with Crippen molar-refractivity contribution in [1.29, 1.82) is 0 Å². The first-order valence-corrected chi connectivity index (χ1v) is 8.18. The maximum atomic E-state index is 5.39. The quantitative estimate of drug-likeness (QED) is 0.400. The first kappa shape index (κ1) is 16.3. The van der Waals surface area contributed by atoms with Gasteiger partial charge in [0.05, 0.1) is 0 Å². The summed E-state index contributed by atoms with van der Waals surface area (Å²) in [5.41, 5.74) is 10.8.